The number of amidine groups is 1. The summed E-state index contributed by atoms with van der Waals surface area (Å²) in [5.74, 6) is -0.204. The van der Waals surface area contributed by atoms with Crippen LogP contribution in [0.25, 0.3) is 6.08 Å². The summed E-state index contributed by atoms with van der Waals surface area (Å²) in [7, 11) is 0. The highest BCUT2D eigenvalue weighted by molar-refractivity contribution is 8.19. The Morgan fingerprint density at radius 2 is 1.85 bits per heavy atom. The summed E-state index contributed by atoms with van der Waals surface area (Å²) in [6.07, 6.45) is 1.64. The third kappa shape index (κ3) is 5.50. The van der Waals surface area contributed by atoms with Gasteiger partial charge in [0.05, 0.1) is 10.6 Å². The number of carbonyl (C=O) groups excluding carboxylic acids is 2. The van der Waals surface area contributed by atoms with Gasteiger partial charge in [-0.1, -0.05) is 41.4 Å². The van der Waals surface area contributed by atoms with Crippen LogP contribution in [0.3, 0.4) is 0 Å². The molecule has 34 heavy (non-hydrogen) atoms. The van der Waals surface area contributed by atoms with Crippen molar-refractivity contribution in [2.45, 2.75) is 13.8 Å². The molecule has 172 valence electrons. The van der Waals surface area contributed by atoms with E-state index in [-0.39, 0.29) is 23.6 Å². The van der Waals surface area contributed by atoms with Crippen LogP contribution >= 0.6 is 23.4 Å². The van der Waals surface area contributed by atoms with Crippen LogP contribution in [0.5, 0.6) is 5.75 Å². The van der Waals surface area contributed by atoms with Crippen LogP contribution in [0.15, 0.2) is 71.6 Å². The van der Waals surface area contributed by atoms with Gasteiger partial charge in [0.1, 0.15) is 5.75 Å². The van der Waals surface area contributed by atoms with Gasteiger partial charge >= 0.3 is 0 Å². The first-order valence-electron chi connectivity index (χ1n) is 10.5. The van der Waals surface area contributed by atoms with Gasteiger partial charge in [0.2, 0.25) is 0 Å². The van der Waals surface area contributed by atoms with Crippen LogP contribution in [-0.4, -0.2) is 23.6 Å². The molecule has 0 aromatic heterocycles. The molecule has 1 saturated heterocycles. The van der Waals surface area contributed by atoms with Gasteiger partial charge in [0.25, 0.3) is 11.8 Å². The first kappa shape index (κ1) is 23.6. The number of thioether (sulfide) groups is 1. The Labute approximate surface area is 207 Å². The molecule has 8 heteroatoms. The minimum atomic E-state index is -0.309. The summed E-state index contributed by atoms with van der Waals surface area (Å²) in [6, 6.07) is 19.9. The van der Waals surface area contributed by atoms with Crippen LogP contribution in [0.1, 0.15) is 16.7 Å². The Hall–Kier alpha value is -3.55. The molecule has 0 unspecified atom stereocenters. The normalized spacial score (nSPS) is 14.6. The first-order valence-corrected chi connectivity index (χ1v) is 11.7. The molecule has 0 saturated carbocycles. The number of nitrogens with zero attached hydrogens (tertiary/aromatic N) is 1. The van der Waals surface area contributed by atoms with Crippen molar-refractivity contribution >= 4 is 57.8 Å². The molecule has 2 N–H and O–H groups in total. The predicted octanol–water partition coefficient (Wildman–Crippen LogP) is 6.03. The highest BCUT2D eigenvalue weighted by Gasteiger charge is 2.33. The summed E-state index contributed by atoms with van der Waals surface area (Å²) < 4.78 is 5.75. The van der Waals surface area contributed by atoms with E-state index in [4.69, 9.17) is 21.7 Å². The maximum atomic E-state index is 13.1. The van der Waals surface area contributed by atoms with Crippen LogP contribution < -0.4 is 15.0 Å². The van der Waals surface area contributed by atoms with Crippen molar-refractivity contribution < 1.29 is 14.3 Å². The molecular weight excluding hydrogens is 470 g/mol. The van der Waals surface area contributed by atoms with E-state index in [2.05, 4.69) is 5.32 Å². The lowest BCUT2D eigenvalue weighted by Crippen LogP contribution is -2.28. The van der Waals surface area contributed by atoms with Crippen LogP contribution in [0, 0.1) is 19.3 Å². The predicted molar refractivity (Wildman–Crippen MR) is 139 cm³/mol. The largest absolute Gasteiger partial charge is 0.483 e. The fourth-order valence-corrected chi connectivity index (χ4v) is 4.40. The second kappa shape index (κ2) is 10.2. The number of aryl methyl sites for hydroxylation is 2. The molecule has 1 aliphatic rings. The first-order chi connectivity index (χ1) is 16.3. The minimum Gasteiger partial charge on any atom is -0.483 e. The van der Waals surface area contributed by atoms with Crippen molar-refractivity contribution in [3.8, 4) is 5.75 Å². The van der Waals surface area contributed by atoms with E-state index >= 15 is 0 Å². The molecule has 0 spiro atoms. The standard InChI is InChI=1S/C26H22ClN3O3S/c1-16-6-9-20(10-7-16)29-24(31)15-33-22-11-8-19(27)13-18(22)14-23-25(32)30(26(28)34-23)21-5-3-4-17(2)12-21/h3-14,28H,15H2,1-2H3,(H,29,31)/b23-14-,28-26?. The topological polar surface area (TPSA) is 82.5 Å². The Kier molecular flexibility index (Phi) is 7.05. The quantitative estimate of drug-likeness (QED) is 0.412. The molecule has 1 fully saturated rings. The van der Waals surface area contributed by atoms with Crippen LogP contribution in [0.4, 0.5) is 11.4 Å². The van der Waals surface area contributed by atoms with Crippen molar-refractivity contribution in [2.75, 3.05) is 16.8 Å². The number of hydrogen-bond acceptors (Lipinski definition) is 5. The maximum absolute atomic E-state index is 13.1. The van der Waals surface area contributed by atoms with Crippen molar-refractivity contribution in [1.82, 2.24) is 0 Å². The van der Waals surface area contributed by atoms with E-state index in [1.807, 2.05) is 56.3 Å². The summed E-state index contributed by atoms with van der Waals surface area (Å²) in [5, 5.41) is 11.7. The number of halogens is 1. The Morgan fingerprint density at radius 1 is 1.09 bits per heavy atom. The second-order valence-corrected chi connectivity index (χ2v) is 9.25. The van der Waals surface area contributed by atoms with E-state index in [1.54, 1.807) is 30.3 Å². The summed E-state index contributed by atoms with van der Waals surface area (Å²) >= 11 is 7.25. The van der Waals surface area contributed by atoms with E-state index in [1.165, 1.54) is 4.90 Å². The monoisotopic (exact) mass is 491 g/mol. The number of hydrogen-bond donors (Lipinski definition) is 2. The molecule has 2 amide bonds. The van der Waals surface area contributed by atoms with E-state index in [0.717, 1.165) is 22.9 Å². The lowest BCUT2D eigenvalue weighted by atomic mass is 10.1. The number of anilines is 2. The SMILES string of the molecule is Cc1ccc(NC(=O)COc2ccc(Cl)cc2/C=C2\SC(=N)N(c3cccc(C)c3)C2=O)cc1. The number of benzene rings is 3. The Bertz CT molecular complexity index is 1300. The van der Waals surface area contributed by atoms with E-state index in [9.17, 15) is 9.59 Å². The van der Waals surface area contributed by atoms with Gasteiger partial charge in [0, 0.05) is 16.3 Å². The van der Waals surface area contributed by atoms with Crippen molar-refractivity contribution in [3.63, 3.8) is 0 Å². The molecule has 0 atom stereocenters. The zero-order chi connectivity index (χ0) is 24.2. The highest BCUT2D eigenvalue weighted by atomic mass is 35.5. The maximum Gasteiger partial charge on any atom is 0.271 e. The summed E-state index contributed by atoms with van der Waals surface area (Å²) in [4.78, 5) is 27.2. The van der Waals surface area contributed by atoms with Crippen LogP contribution in [-0.2, 0) is 9.59 Å². The molecule has 0 bridgehead atoms. The van der Waals surface area contributed by atoms with E-state index < -0.39 is 0 Å². The van der Waals surface area contributed by atoms with Gasteiger partial charge in [0.15, 0.2) is 11.8 Å². The van der Waals surface area contributed by atoms with E-state index in [0.29, 0.717) is 32.6 Å². The second-order valence-electron chi connectivity index (χ2n) is 7.78. The third-order valence-corrected chi connectivity index (χ3v) is 6.16. The van der Waals surface area contributed by atoms with Gasteiger partial charge < -0.3 is 10.1 Å². The zero-order valence-electron chi connectivity index (χ0n) is 18.6. The number of amides is 2. The van der Waals surface area contributed by atoms with Gasteiger partial charge in [-0.25, -0.2) is 0 Å². The lowest BCUT2D eigenvalue weighted by Gasteiger charge is -2.14. The molecule has 3 aromatic rings. The van der Waals surface area contributed by atoms with Crippen LogP contribution in [0.2, 0.25) is 5.02 Å². The molecule has 3 aromatic carbocycles. The van der Waals surface area contributed by atoms with Crippen molar-refractivity contribution in [2.24, 2.45) is 0 Å². The molecule has 0 aliphatic carbocycles. The lowest BCUT2D eigenvalue weighted by molar-refractivity contribution is -0.118. The molecule has 1 heterocycles. The average molecular weight is 492 g/mol. The Morgan fingerprint density at radius 3 is 2.59 bits per heavy atom. The Balaban J connectivity index is 1.51. The summed E-state index contributed by atoms with van der Waals surface area (Å²) in [5.41, 5.74) is 3.96. The molecule has 4 rings (SSSR count). The van der Waals surface area contributed by atoms with Gasteiger partial charge in [-0.2, -0.15) is 0 Å². The third-order valence-electron chi connectivity index (χ3n) is 5.04. The van der Waals surface area contributed by atoms with Gasteiger partial charge in [-0.05, 0) is 79.7 Å². The van der Waals surface area contributed by atoms with Gasteiger partial charge in [-0.3, -0.25) is 19.9 Å². The summed E-state index contributed by atoms with van der Waals surface area (Å²) in [6.45, 7) is 3.69. The van der Waals surface area contributed by atoms with Crippen molar-refractivity contribution in [3.05, 3.63) is 93.3 Å². The molecule has 0 radical (unpaired) electrons. The smallest absolute Gasteiger partial charge is 0.271 e. The molecule has 1 aliphatic heterocycles. The zero-order valence-corrected chi connectivity index (χ0v) is 20.2. The van der Waals surface area contributed by atoms with Gasteiger partial charge in [-0.15, -0.1) is 0 Å². The average Bonchev–Trinajstić information content (AvgIpc) is 3.07. The molecule has 6 nitrogen and oxygen atoms in total. The fourth-order valence-electron chi connectivity index (χ4n) is 3.37. The molecular formula is C26H22ClN3O3S. The number of rotatable bonds is 6. The number of ether oxygens (including phenoxy) is 1. The highest BCUT2D eigenvalue weighted by Crippen LogP contribution is 2.37. The number of nitrogens with one attached hydrogen (secondary N) is 2. The van der Waals surface area contributed by atoms with Crippen molar-refractivity contribution in [1.29, 1.82) is 5.41 Å². The minimum absolute atomic E-state index is 0.115. The fraction of sp³-hybridized carbons (Fsp3) is 0.115. The number of carbonyl (C=O) groups is 2.